The van der Waals surface area contributed by atoms with Gasteiger partial charge in [-0.25, -0.2) is 9.97 Å². The first-order valence-electron chi connectivity index (χ1n) is 8.92. The molecule has 1 aromatic heterocycles. The first kappa shape index (κ1) is 19.4. The van der Waals surface area contributed by atoms with Crippen LogP contribution < -0.4 is 10.4 Å². The Kier molecular flexibility index (Phi) is 5.20. The fourth-order valence-corrected chi connectivity index (χ4v) is 3.34. The van der Waals surface area contributed by atoms with Gasteiger partial charge < -0.3 is 19.1 Å². The molecule has 0 unspecified atom stereocenters. The zero-order chi connectivity index (χ0) is 19.1. The molecule has 0 aromatic carbocycles. The molecule has 7 nitrogen and oxygen atoms in total. The third-order valence-electron chi connectivity index (χ3n) is 5.53. The van der Waals surface area contributed by atoms with Gasteiger partial charge in [0.1, 0.15) is 5.88 Å². The van der Waals surface area contributed by atoms with E-state index in [9.17, 15) is 4.79 Å². The van der Waals surface area contributed by atoms with Crippen LogP contribution in [0, 0.1) is 0 Å². The zero-order valence-electron chi connectivity index (χ0n) is 16.0. The van der Waals surface area contributed by atoms with Gasteiger partial charge in [-0.2, -0.15) is 0 Å². The van der Waals surface area contributed by atoms with E-state index >= 15 is 0 Å². The summed E-state index contributed by atoms with van der Waals surface area (Å²) >= 11 is 5.67. The summed E-state index contributed by atoms with van der Waals surface area (Å²) in [6.07, 6.45) is 3.51. The smallest absolute Gasteiger partial charge is 0.399 e. The molecule has 2 saturated heterocycles. The first-order valence-corrected chi connectivity index (χ1v) is 9.46. The average molecular weight is 381 g/mol. The number of nitrogens with zero attached hydrogens (tertiary/aromatic N) is 4. The molecule has 2 aliphatic heterocycles. The minimum Gasteiger partial charge on any atom is -0.399 e. The molecule has 0 saturated carbocycles. The maximum Gasteiger partial charge on any atom is 0.498 e. The molecule has 0 radical (unpaired) electrons. The third-order valence-corrected chi connectivity index (χ3v) is 5.76. The molecule has 26 heavy (non-hydrogen) atoms. The summed E-state index contributed by atoms with van der Waals surface area (Å²) in [7, 11) is -0.467. The first-order chi connectivity index (χ1) is 12.1. The second-order valence-corrected chi connectivity index (χ2v) is 8.19. The van der Waals surface area contributed by atoms with Gasteiger partial charge in [0.05, 0.1) is 11.2 Å². The van der Waals surface area contributed by atoms with Crippen molar-refractivity contribution in [3.8, 4) is 0 Å². The summed E-state index contributed by atoms with van der Waals surface area (Å²) in [5.74, 6) is 0.634. The van der Waals surface area contributed by atoms with Crippen LogP contribution in [0.4, 0.5) is 5.95 Å². The summed E-state index contributed by atoms with van der Waals surface area (Å²) in [5.41, 5.74) is 0.0186. The Morgan fingerprint density at radius 3 is 2.31 bits per heavy atom. The molecule has 9 heteroatoms. The lowest BCUT2D eigenvalue weighted by Gasteiger charge is -2.39. The molecule has 1 atom stereocenters. The standard InChI is InChI=1S/C17H26BClN4O3/c1-12-11-22(6-7-23(12)14(24)8-19)15-20-9-13(10-21-15)18-25-16(2,3)17(4,5)26-18/h9-10,12H,6-8,11H2,1-5H3/t12-/m0/s1. The highest BCUT2D eigenvalue weighted by Crippen LogP contribution is 2.36. The van der Waals surface area contributed by atoms with E-state index in [-0.39, 0.29) is 17.8 Å². The summed E-state index contributed by atoms with van der Waals surface area (Å²) < 4.78 is 12.1. The number of carbonyl (C=O) groups excluding carboxylic acids is 1. The van der Waals surface area contributed by atoms with Crippen LogP contribution in [0.5, 0.6) is 0 Å². The monoisotopic (exact) mass is 380 g/mol. The Labute approximate surface area is 160 Å². The van der Waals surface area contributed by atoms with Gasteiger partial charge in [0, 0.05) is 43.5 Å². The van der Waals surface area contributed by atoms with Gasteiger partial charge >= 0.3 is 7.12 Å². The number of rotatable bonds is 3. The quantitative estimate of drug-likeness (QED) is 0.577. The van der Waals surface area contributed by atoms with E-state index in [1.165, 1.54) is 0 Å². The van der Waals surface area contributed by atoms with Crippen molar-refractivity contribution in [3.05, 3.63) is 12.4 Å². The number of carbonyl (C=O) groups is 1. The number of piperazine rings is 1. The highest BCUT2D eigenvalue weighted by molar-refractivity contribution is 6.61. The van der Waals surface area contributed by atoms with Gasteiger partial charge in [0.2, 0.25) is 11.9 Å². The van der Waals surface area contributed by atoms with Crippen LogP contribution in [0.15, 0.2) is 12.4 Å². The van der Waals surface area contributed by atoms with Crippen LogP contribution in [0.2, 0.25) is 0 Å². The van der Waals surface area contributed by atoms with E-state index < -0.39 is 18.3 Å². The van der Waals surface area contributed by atoms with Crippen molar-refractivity contribution in [1.82, 2.24) is 14.9 Å². The zero-order valence-corrected chi connectivity index (χ0v) is 16.8. The van der Waals surface area contributed by atoms with E-state index in [0.29, 0.717) is 25.6 Å². The molecule has 1 amide bonds. The molecule has 2 fully saturated rings. The van der Waals surface area contributed by atoms with E-state index in [0.717, 1.165) is 5.46 Å². The van der Waals surface area contributed by atoms with E-state index in [2.05, 4.69) is 14.9 Å². The Bertz CT molecular complexity index is 654. The maximum absolute atomic E-state index is 11.8. The van der Waals surface area contributed by atoms with Gasteiger partial charge in [0.25, 0.3) is 0 Å². The average Bonchev–Trinajstić information content (AvgIpc) is 2.82. The number of aromatic nitrogens is 2. The summed E-state index contributed by atoms with van der Waals surface area (Å²) in [6, 6.07) is 0.0707. The Hall–Kier alpha value is -1.38. The van der Waals surface area contributed by atoms with Crippen LogP contribution in [0.25, 0.3) is 0 Å². The van der Waals surface area contributed by atoms with E-state index in [4.69, 9.17) is 20.9 Å². The van der Waals surface area contributed by atoms with Crippen LogP contribution in [-0.2, 0) is 14.1 Å². The fourth-order valence-electron chi connectivity index (χ4n) is 3.18. The molecule has 0 bridgehead atoms. The molecular formula is C17H26BClN4O3. The second kappa shape index (κ2) is 6.98. The molecule has 1 aromatic rings. The molecular weight excluding hydrogens is 354 g/mol. The molecule has 3 heterocycles. The maximum atomic E-state index is 11.8. The van der Waals surface area contributed by atoms with Gasteiger partial charge in [-0.1, -0.05) is 0 Å². The SMILES string of the molecule is C[C@H]1CN(c2ncc(B3OC(C)(C)C(C)(C)O3)cn2)CCN1C(=O)CCl. The predicted octanol–water partition coefficient (Wildman–Crippen LogP) is 1.05. The predicted molar refractivity (Wildman–Crippen MR) is 102 cm³/mol. The normalized spacial score (nSPS) is 24.8. The topological polar surface area (TPSA) is 67.8 Å². The minimum absolute atomic E-state index is 0.0175. The molecule has 142 valence electrons. The highest BCUT2D eigenvalue weighted by atomic mass is 35.5. The number of halogens is 1. The Balaban J connectivity index is 1.67. The van der Waals surface area contributed by atoms with Crippen molar-refractivity contribution in [2.45, 2.75) is 51.9 Å². The lowest BCUT2D eigenvalue weighted by molar-refractivity contribution is -0.130. The van der Waals surface area contributed by atoms with Gasteiger partial charge in [-0.3, -0.25) is 4.79 Å². The van der Waals surface area contributed by atoms with Crippen molar-refractivity contribution < 1.29 is 14.1 Å². The summed E-state index contributed by atoms with van der Waals surface area (Å²) in [6.45, 7) is 12.1. The number of alkyl halides is 1. The lowest BCUT2D eigenvalue weighted by Crippen LogP contribution is -2.55. The van der Waals surface area contributed by atoms with Crippen LogP contribution in [0.3, 0.4) is 0 Å². The molecule has 0 N–H and O–H groups in total. The molecule has 3 rings (SSSR count). The minimum atomic E-state index is -0.467. The van der Waals surface area contributed by atoms with Crippen molar-refractivity contribution in [2.75, 3.05) is 30.4 Å². The Morgan fingerprint density at radius 1 is 1.23 bits per heavy atom. The van der Waals surface area contributed by atoms with Crippen molar-refractivity contribution in [2.24, 2.45) is 0 Å². The highest BCUT2D eigenvalue weighted by Gasteiger charge is 2.52. The van der Waals surface area contributed by atoms with Gasteiger partial charge in [0.15, 0.2) is 0 Å². The number of anilines is 1. The largest absolute Gasteiger partial charge is 0.498 e. The molecule has 0 aliphatic carbocycles. The number of hydrogen-bond acceptors (Lipinski definition) is 6. The third kappa shape index (κ3) is 3.55. The summed E-state index contributed by atoms with van der Waals surface area (Å²) in [4.78, 5) is 24.7. The van der Waals surface area contributed by atoms with Gasteiger partial charge in [-0.05, 0) is 34.6 Å². The second-order valence-electron chi connectivity index (χ2n) is 7.92. The van der Waals surface area contributed by atoms with Gasteiger partial charge in [-0.15, -0.1) is 11.6 Å². The van der Waals surface area contributed by atoms with E-state index in [1.807, 2.05) is 39.5 Å². The van der Waals surface area contributed by atoms with E-state index in [1.54, 1.807) is 12.4 Å². The molecule has 2 aliphatic rings. The van der Waals surface area contributed by atoms with Crippen LogP contribution in [0.1, 0.15) is 34.6 Å². The van der Waals surface area contributed by atoms with Crippen molar-refractivity contribution in [3.63, 3.8) is 0 Å². The van der Waals surface area contributed by atoms with Crippen LogP contribution >= 0.6 is 11.6 Å². The molecule has 0 spiro atoms. The fraction of sp³-hybridized carbons (Fsp3) is 0.706. The van der Waals surface area contributed by atoms with Crippen molar-refractivity contribution >= 4 is 36.0 Å². The Morgan fingerprint density at radius 2 is 1.81 bits per heavy atom. The van der Waals surface area contributed by atoms with Crippen LogP contribution in [-0.4, -0.2) is 70.7 Å². The number of amides is 1. The number of hydrogen-bond donors (Lipinski definition) is 0. The summed E-state index contributed by atoms with van der Waals surface area (Å²) in [5, 5.41) is 0. The lowest BCUT2D eigenvalue weighted by atomic mass is 9.81. The van der Waals surface area contributed by atoms with Crippen molar-refractivity contribution in [1.29, 1.82) is 0 Å².